The third-order valence-corrected chi connectivity index (χ3v) is 3.52. The van der Waals surface area contributed by atoms with E-state index < -0.39 is 11.0 Å². The van der Waals surface area contributed by atoms with Gasteiger partial charge in [-0.15, -0.1) is 0 Å². The summed E-state index contributed by atoms with van der Waals surface area (Å²) in [4.78, 5) is 22.2. The molecule has 2 rings (SSSR count). The number of carbonyl (C=O) groups excluding carboxylic acids is 1. The van der Waals surface area contributed by atoms with Crippen LogP contribution in [0.4, 0.5) is 10.5 Å². The first-order valence-electron chi connectivity index (χ1n) is 8.03. The maximum atomic E-state index is 11.6. The molecule has 0 spiro atoms. The maximum absolute atomic E-state index is 11.6. The van der Waals surface area contributed by atoms with Gasteiger partial charge >= 0.3 is 6.09 Å². The zero-order chi connectivity index (χ0) is 18.8. The van der Waals surface area contributed by atoms with Crippen molar-refractivity contribution in [3.05, 3.63) is 75.8 Å². The van der Waals surface area contributed by atoms with Crippen LogP contribution in [0.15, 0.2) is 54.6 Å². The first-order valence-corrected chi connectivity index (χ1v) is 8.03. The molecule has 2 aromatic rings. The molecule has 7 nitrogen and oxygen atoms in total. The summed E-state index contributed by atoms with van der Waals surface area (Å²) in [5.74, 6) is 0.540. The largest absolute Gasteiger partial charge is 0.497 e. The second-order valence-electron chi connectivity index (χ2n) is 5.36. The molecule has 1 amide bonds. The topological polar surface area (TPSA) is 90.7 Å². The number of nitrogens with one attached hydrogen (secondary N) is 1. The zero-order valence-corrected chi connectivity index (χ0v) is 14.4. The van der Waals surface area contributed by atoms with Crippen LogP contribution in [0.1, 0.15) is 17.5 Å². The third-order valence-electron chi connectivity index (χ3n) is 3.52. The lowest BCUT2D eigenvalue weighted by atomic mass is 10.1. The van der Waals surface area contributed by atoms with Crippen LogP contribution >= 0.6 is 0 Å². The van der Waals surface area contributed by atoms with Crippen molar-refractivity contribution >= 4 is 17.9 Å². The third kappa shape index (κ3) is 5.94. The highest BCUT2D eigenvalue weighted by Crippen LogP contribution is 2.25. The first-order chi connectivity index (χ1) is 12.6. The smallest absolute Gasteiger partial charge is 0.407 e. The van der Waals surface area contributed by atoms with Gasteiger partial charge in [0.15, 0.2) is 0 Å². The van der Waals surface area contributed by atoms with Crippen LogP contribution < -0.4 is 10.1 Å². The van der Waals surface area contributed by atoms with Crippen LogP contribution in [0.2, 0.25) is 0 Å². The van der Waals surface area contributed by atoms with Crippen molar-refractivity contribution in [2.24, 2.45) is 0 Å². The summed E-state index contributed by atoms with van der Waals surface area (Å²) in [6.45, 7) is 0.570. The molecule has 0 aliphatic carbocycles. The van der Waals surface area contributed by atoms with Crippen LogP contribution in [0.3, 0.4) is 0 Å². The lowest BCUT2D eigenvalue weighted by Gasteiger charge is -2.06. The van der Waals surface area contributed by atoms with Gasteiger partial charge in [0.1, 0.15) is 12.4 Å². The fraction of sp³-hybridized carbons (Fsp3) is 0.211. The average Bonchev–Trinajstić information content (AvgIpc) is 2.66. The van der Waals surface area contributed by atoms with Crippen molar-refractivity contribution in [1.29, 1.82) is 0 Å². The molecule has 0 fully saturated rings. The van der Waals surface area contributed by atoms with Gasteiger partial charge in [0.05, 0.1) is 17.6 Å². The molecule has 0 heterocycles. The molecule has 136 valence electrons. The number of ether oxygens (including phenoxy) is 2. The van der Waals surface area contributed by atoms with Crippen molar-refractivity contribution in [1.82, 2.24) is 5.32 Å². The van der Waals surface area contributed by atoms with E-state index in [1.54, 1.807) is 24.3 Å². The summed E-state index contributed by atoms with van der Waals surface area (Å²) in [5, 5.41) is 13.7. The van der Waals surface area contributed by atoms with Crippen LogP contribution in [-0.4, -0.2) is 24.7 Å². The Kier molecular flexibility index (Phi) is 7.17. The van der Waals surface area contributed by atoms with Gasteiger partial charge in [-0.3, -0.25) is 10.1 Å². The standard InChI is InChI=1S/C19H20N2O5/c1-25-17-10-11-18(21(23)24)16(13-17)9-5-6-12-20-19(22)26-14-15-7-3-2-4-8-15/h2-5,7-11,13H,6,12,14H2,1H3,(H,20,22). The van der Waals surface area contributed by atoms with E-state index in [1.165, 1.54) is 13.2 Å². The number of methoxy groups -OCH3 is 1. The molecular formula is C19H20N2O5. The highest BCUT2D eigenvalue weighted by atomic mass is 16.6. The van der Waals surface area contributed by atoms with E-state index in [4.69, 9.17) is 9.47 Å². The summed E-state index contributed by atoms with van der Waals surface area (Å²) in [6.07, 6.45) is 3.39. The van der Waals surface area contributed by atoms with E-state index in [-0.39, 0.29) is 12.3 Å². The molecule has 0 aliphatic heterocycles. The summed E-state index contributed by atoms with van der Waals surface area (Å²) in [5.41, 5.74) is 1.35. The van der Waals surface area contributed by atoms with Gasteiger partial charge in [0.25, 0.3) is 5.69 Å². The Balaban J connectivity index is 1.78. The fourth-order valence-electron chi connectivity index (χ4n) is 2.20. The number of hydrogen-bond acceptors (Lipinski definition) is 5. The number of nitrogens with zero attached hydrogens (tertiary/aromatic N) is 1. The van der Waals surface area contributed by atoms with Gasteiger partial charge in [-0.25, -0.2) is 4.79 Å². The van der Waals surface area contributed by atoms with Crippen LogP contribution in [0.5, 0.6) is 5.75 Å². The Bertz CT molecular complexity index is 775. The van der Waals surface area contributed by atoms with E-state index in [1.807, 2.05) is 30.3 Å². The highest BCUT2D eigenvalue weighted by molar-refractivity contribution is 5.67. The van der Waals surface area contributed by atoms with Gasteiger partial charge < -0.3 is 14.8 Å². The Labute approximate surface area is 151 Å². The zero-order valence-electron chi connectivity index (χ0n) is 14.4. The number of hydrogen-bond donors (Lipinski definition) is 1. The minimum atomic E-state index is -0.505. The minimum absolute atomic E-state index is 0.00252. The van der Waals surface area contributed by atoms with Crippen molar-refractivity contribution in [2.75, 3.05) is 13.7 Å². The van der Waals surface area contributed by atoms with Gasteiger partial charge in [-0.2, -0.15) is 0 Å². The molecular weight excluding hydrogens is 336 g/mol. The summed E-state index contributed by atoms with van der Waals surface area (Å²) in [7, 11) is 1.50. The molecule has 0 saturated carbocycles. The molecule has 2 aromatic carbocycles. The Morgan fingerprint density at radius 1 is 1.23 bits per heavy atom. The summed E-state index contributed by atoms with van der Waals surface area (Å²) < 4.78 is 10.2. The lowest BCUT2D eigenvalue weighted by Crippen LogP contribution is -2.24. The SMILES string of the molecule is COc1ccc([N+](=O)[O-])c(C=CCCNC(=O)OCc2ccccc2)c1. The van der Waals surface area contributed by atoms with E-state index >= 15 is 0 Å². The van der Waals surface area contributed by atoms with Crippen molar-refractivity contribution < 1.29 is 19.2 Å². The quantitative estimate of drug-likeness (QED) is 0.439. The van der Waals surface area contributed by atoms with E-state index in [9.17, 15) is 14.9 Å². The number of benzene rings is 2. The predicted molar refractivity (Wildman–Crippen MR) is 97.9 cm³/mol. The van der Waals surface area contributed by atoms with Gasteiger partial charge in [-0.1, -0.05) is 42.5 Å². The number of rotatable bonds is 8. The number of alkyl carbamates (subject to hydrolysis) is 1. The Hall–Kier alpha value is -3.35. The van der Waals surface area contributed by atoms with E-state index in [0.29, 0.717) is 24.3 Å². The van der Waals surface area contributed by atoms with Gasteiger partial charge in [0.2, 0.25) is 0 Å². The van der Waals surface area contributed by atoms with E-state index in [0.717, 1.165) is 5.56 Å². The van der Waals surface area contributed by atoms with Crippen molar-refractivity contribution in [3.8, 4) is 5.75 Å². The molecule has 26 heavy (non-hydrogen) atoms. The Morgan fingerprint density at radius 3 is 2.69 bits per heavy atom. The normalized spacial score (nSPS) is 10.5. The first kappa shape index (κ1) is 19.0. The van der Waals surface area contributed by atoms with Gasteiger partial charge in [-0.05, 0) is 24.1 Å². The maximum Gasteiger partial charge on any atom is 0.407 e. The van der Waals surface area contributed by atoms with Crippen LogP contribution in [0.25, 0.3) is 6.08 Å². The molecule has 0 saturated heterocycles. The van der Waals surface area contributed by atoms with E-state index in [2.05, 4.69) is 5.32 Å². The summed E-state index contributed by atoms with van der Waals surface area (Å²) >= 11 is 0. The summed E-state index contributed by atoms with van der Waals surface area (Å²) in [6, 6.07) is 13.9. The van der Waals surface area contributed by atoms with Gasteiger partial charge in [0, 0.05) is 12.6 Å². The minimum Gasteiger partial charge on any atom is -0.497 e. The predicted octanol–water partition coefficient (Wildman–Crippen LogP) is 3.93. The molecule has 0 aliphatic rings. The lowest BCUT2D eigenvalue weighted by molar-refractivity contribution is -0.385. The highest BCUT2D eigenvalue weighted by Gasteiger charge is 2.12. The van der Waals surface area contributed by atoms with Crippen molar-refractivity contribution in [2.45, 2.75) is 13.0 Å². The van der Waals surface area contributed by atoms with Crippen molar-refractivity contribution in [3.63, 3.8) is 0 Å². The molecule has 1 N–H and O–H groups in total. The number of carbonyl (C=O) groups is 1. The van der Waals surface area contributed by atoms with Crippen LogP contribution in [0, 0.1) is 10.1 Å². The molecule has 0 unspecified atom stereocenters. The fourth-order valence-corrected chi connectivity index (χ4v) is 2.20. The molecule has 0 radical (unpaired) electrons. The monoisotopic (exact) mass is 356 g/mol. The Morgan fingerprint density at radius 2 is 2.00 bits per heavy atom. The number of nitro benzene ring substituents is 1. The second-order valence-corrected chi connectivity index (χ2v) is 5.36. The number of nitro groups is 1. The van der Waals surface area contributed by atoms with Crippen LogP contribution in [-0.2, 0) is 11.3 Å². The second kappa shape index (κ2) is 9.83. The number of amides is 1. The molecule has 0 aromatic heterocycles. The molecule has 0 bridgehead atoms. The molecule has 7 heteroatoms. The average molecular weight is 356 g/mol. The molecule has 0 atom stereocenters.